The van der Waals surface area contributed by atoms with Gasteiger partial charge in [-0.2, -0.15) is 13.2 Å². The quantitative estimate of drug-likeness (QED) is 0.741. The third-order valence-corrected chi connectivity index (χ3v) is 1.48. The number of nitrogens with zero attached hydrogens (tertiary/aromatic N) is 2. The molecule has 1 aromatic heterocycles. The first kappa shape index (κ1) is 11.0. The lowest BCUT2D eigenvalue weighted by Crippen LogP contribution is -2.19. The number of alkyl halides is 4. The Morgan fingerprint density at radius 3 is 2.43 bits per heavy atom. The minimum atomic E-state index is -4.37. The molecule has 78 valence electrons. The van der Waals surface area contributed by atoms with Crippen molar-refractivity contribution in [1.82, 2.24) is 9.97 Å². The SMILES string of the molecule is FC(F)(F)COc1cnc(CCl)cn1. The molecule has 3 nitrogen and oxygen atoms in total. The summed E-state index contributed by atoms with van der Waals surface area (Å²) in [5, 5.41) is 0. The molecule has 14 heavy (non-hydrogen) atoms. The Hall–Kier alpha value is -1.04. The summed E-state index contributed by atoms with van der Waals surface area (Å²) >= 11 is 5.41. The molecule has 0 unspecified atom stereocenters. The molecule has 1 rings (SSSR count). The van der Waals surface area contributed by atoms with Crippen molar-refractivity contribution in [3.63, 3.8) is 0 Å². The Balaban J connectivity index is 2.52. The van der Waals surface area contributed by atoms with E-state index in [1.165, 1.54) is 6.20 Å². The largest absolute Gasteiger partial charge is 0.467 e. The van der Waals surface area contributed by atoms with Crippen LogP contribution in [-0.2, 0) is 5.88 Å². The van der Waals surface area contributed by atoms with Gasteiger partial charge in [-0.1, -0.05) is 0 Å². The number of ether oxygens (including phenoxy) is 1. The molecule has 0 saturated heterocycles. The molecule has 0 atom stereocenters. The van der Waals surface area contributed by atoms with Crippen LogP contribution in [0.25, 0.3) is 0 Å². The van der Waals surface area contributed by atoms with Crippen molar-refractivity contribution < 1.29 is 17.9 Å². The molecule has 0 bridgehead atoms. The second-order valence-electron chi connectivity index (χ2n) is 2.38. The maximum absolute atomic E-state index is 11.7. The molecule has 0 saturated carbocycles. The molecule has 0 amide bonds. The zero-order chi connectivity index (χ0) is 10.6. The van der Waals surface area contributed by atoms with E-state index in [0.717, 1.165) is 6.20 Å². The zero-order valence-electron chi connectivity index (χ0n) is 6.88. The predicted molar refractivity (Wildman–Crippen MR) is 43.1 cm³/mol. The monoisotopic (exact) mass is 226 g/mol. The molecule has 0 spiro atoms. The number of rotatable bonds is 3. The van der Waals surface area contributed by atoms with Gasteiger partial charge in [0.1, 0.15) is 0 Å². The van der Waals surface area contributed by atoms with Crippen molar-refractivity contribution in [3.05, 3.63) is 18.1 Å². The predicted octanol–water partition coefficient (Wildman–Crippen LogP) is 2.16. The van der Waals surface area contributed by atoms with Gasteiger partial charge < -0.3 is 4.74 Å². The van der Waals surface area contributed by atoms with Crippen molar-refractivity contribution in [3.8, 4) is 5.88 Å². The maximum atomic E-state index is 11.7. The van der Waals surface area contributed by atoms with Gasteiger partial charge in [0.25, 0.3) is 0 Å². The average Bonchev–Trinajstić information content (AvgIpc) is 2.14. The summed E-state index contributed by atoms with van der Waals surface area (Å²) in [4.78, 5) is 7.29. The second kappa shape index (κ2) is 4.45. The van der Waals surface area contributed by atoms with Crippen molar-refractivity contribution >= 4 is 11.6 Å². The summed E-state index contributed by atoms with van der Waals surface area (Å²) < 4.78 is 39.4. The first-order valence-corrected chi connectivity index (χ1v) is 4.11. The Morgan fingerprint density at radius 2 is 2.00 bits per heavy atom. The Bertz CT molecular complexity index is 288. The molecule has 0 aromatic carbocycles. The van der Waals surface area contributed by atoms with Gasteiger partial charge in [0.2, 0.25) is 5.88 Å². The third-order valence-electron chi connectivity index (χ3n) is 1.20. The molecule has 0 fully saturated rings. The van der Waals surface area contributed by atoms with E-state index in [1.54, 1.807) is 0 Å². The van der Waals surface area contributed by atoms with E-state index in [1.807, 2.05) is 0 Å². The molecule has 0 N–H and O–H groups in total. The van der Waals surface area contributed by atoms with Gasteiger partial charge >= 0.3 is 6.18 Å². The summed E-state index contributed by atoms with van der Waals surface area (Å²) in [6, 6.07) is 0. The summed E-state index contributed by atoms with van der Waals surface area (Å²) in [6.45, 7) is -1.37. The highest BCUT2D eigenvalue weighted by atomic mass is 35.5. The summed E-state index contributed by atoms with van der Waals surface area (Å²) in [7, 11) is 0. The highest BCUT2D eigenvalue weighted by Gasteiger charge is 2.28. The number of aromatic nitrogens is 2. The number of halogens is 4. The minimum Gasteiger partial charge on any atom is -0.467 e. The van der Waals surface area contributed by atoms with Crippen LogP contribution in [-0.4, -0.2) is 22.8 Å². The van der Waals surface area contributed by atoms with Crippen molar-refractivity contribution in [2.24, 2.45) is 0 Å². The van der Waals surface area contributed by atoms with Gasteiger partial charge in [-0.05, 0) is 0 Å². The molecular weight excluding hydrogens is 221 g/mol. The molecule has 1 heterocycles. The van der Waals surface area contributed by atoms with E-state index >= 15 is 0 Å². The Kier molecular flexibility index (Phi) is 3.51. The summed E-state index contributed by atoms with van der Waals surface area (Å²) in [5.41, 5.74) is 0.478. The molecule has 7 heteroatoms. The average molecular weight is 227 g/mol. The van der Waals surface area contributed by atoms with Crippen LogP contribution >= 0.6 is 11.6 Å². The van der Waals surface area contributed by atoms with Crippen LogP contribution in [0.1, 0.15) is 5.69 Å². The van der Waals surface area contributed by atoms with Gasteiger partial charge in [-0.25, -0.2) is 4.98 Å². The Labute approximate surface area is 82.9 Å². The highest BCUT2D eigenvalue weighted by molar-refractivity contribution is 6.16. The highest BCUT2D eigenvalue weighted by Crippen LogP contribution is 2.16. The minimum absolute atomic E-state index is 0.159. The van der Waals surface area contributed by atoms with Crippen LogP contribution in [0, 0.1) is 0 Å². The molecule has 1 aromatic rings. The standard InChI is InChI=1S/C7H6ClF3N2O/c8-1-5-2-13-6(3-12-5)14-4-7(9,10)11/h2-3H,1,4H2. The molecule has 0 aliphatic rings. The van der Waals surface area contributed by atoms with E-state index in [4.69, 9.17) is 11.6 Å². The lowest BCUT2D eigenvalue weighted by atomic mass is 10.5. The van der Waals surface area contributed by atoms with Gasteiger partial charge in [-0.15, -0.1) is 11.6 Å². The van der Waals surface area contributed by atoms with Crippen LogP contribution in [0.2, 0.25) is 0 Å². The Morgan fingerprint density at radius 1 is 1.29 bits per heavy atom. The van der Waals surface area contributed by atoms with Gasteiger partial charge in [0, 0.05) is 0 Å². The fourth-order valence-electron chi connectivity index (χ4n) is 0.642. The van der Waals surface area contributed by atoms with E-state index in [-0.39, 0.29) is 11.8 Å². The molecule has 0 radical (unpaired) electrons. The summed E-state index contributed by atoms with van der Waals surface area (Å²) in [5.74, 6) is -0.0109. The van der Waals surface area contributed by atoms with E-state index in [9.17, 15) is 13.2 Å². The normalized spacial score (nSPS) is 11.4. The van der Waals surface area contributed by atoms with Crippen LogP contribution in [0.3, 0.4) is 0 Å². The maximum Gasteiger partial charge on any atom is 0.422 e. The zero-order valence-corrected chi connectivity index (χ0v) is 7.64. The number of hydrogen-bond donors (Lipinski definition) is 0. The van der Waals surface area contributed by atoms with Crippen LogP contribution < -0.4 is 4.74 Å². The lowest BCUT2D eigenvalue weighted by molar-refractivity contribution is -0.154. The summed E-state index contributed by atoms with van der Waals surface area (Å²) in [6.07, 6.45) is -2.00. The first-order chi connectivity index (χ1) is 6.51. The van der Waals surface area contributed by atoms with Crippen LogP contribution in [0.15, 0.2) is 12.4 Å². The van der Waals surface area contributed by atoms with Crippen molar-refractivity contribution in [2.45, 2.75) is 12.1 Å². The molecule has 0 aliphatic carbocycles. The van der Waals surface area contributed by atoms with Crippen LogP contribution in [0.5, 0.6) is 5.88 Å². The smallest absolute Gasteiger partial charge is 0.422 e. The van der Waals surface area contributed by atoms with E-state index < -0.39 is 12.8 Å². The molecule has 0 aliphatic heterocycles. The fourth-order valence-corrected chi connectivity index (χ4v) is 0.780. The van der Waals surface area contributed by atoms with Gasteiger partial charge in [0.05, 0.1) is 24.0 Å². The van der Waals surface area contributed by atoms with Gasteiger partial charge in [0.15, 0.2) is 6.61 Å². The second-order valence-corrected chi connectivity index (χ2v) is 2.65. The topological polar surface area (TPSA) is 35.0 Å². The van der Waals surface area contributed by atoms with Crippen LogP contribution in [0.4, 0.5) is 13.2 Å². The van der Waals surface area contributed by atoms with Crippen molar-refractivity contribution in [2.75, 3.05) is 6.61 Å². The number of hydrogen-bond acceptors (Lipinski definition) is 3. The van der Waals surface area contributed by atoms with Crippen molar-refractivity contribution in [1.29, 1.82) is 0 Å². The molecular formula is C7H6ClF3N2O. The third kappa shape index (κ3) is 3.78. The van der Waals surface area contributed by atoms with E-state index in [2.05, 4.69) is 14.7 Å². The first-order valence-electron chi connectivity index (χ1n) is 3.58. The van der Waals surface area contributed by atoms with E-state index in [0.29, 0.717) is 5.69 Å². The fraction of sp³-hybridized carbons (Fsp3) is 0.429. The lowest BCUT2D eigenvalue weighted by Gasteiger charge is -2.07. The van der Waals surface area contributed by atoms with Gasteiger partial charge in [-0.3, -0.25) is 4.98 Å².